The Kier molecular flexibility index (Phi) is 5.50. The van der Waals surface area contributed by atoms with Crippen molar-refractivity contribution in [3.63, 3.8) is 0 Å². The average Bonchev–Trinajstić information content (AvgIpc) is 2.65. The van der Waals surface area contributed by atoms with Crippen LogP contribution in [0.4, 0.5) is 5.69 Å². The van der Waals surface area contributed by atoms with Crippen molar-refractivity contribution in [3.05, 3.63) is 65.9 Å². The molecular weight excluding hydrogens is 324 g/mol. The highest BCUT2D eigenvalue weighted by Gasteiger charge is 2.08. The first-order valence-corrected chi connectivity index (χ1v) is 8.47. The van der Waals surface area contributed by atoms with Crippen LogP contribution in [0.25, 0.3) is 10.9 Å². The highest BCUT2D eigenvalue weighted by atomic mass is 16.5. The van der Waals surface area contributed by atoms with E-state index in [4.69, 9.17) is 4.74 Å². The number of nitrogens with one attached hydrogen (secondary N) is 1. The third kappa shape index (κ3) is 4.40. The minimum absolute atomic E-state index is 0.165. The Morgan fingerprint density at radius 2 is 2.04 bits per heavy atom. The van der Waals surface area contributed by atoms with Crippen LogP contribution in [-0.4, -0.2) is 17.5 Å². The molecule has 3 rings (SSSR count). The molecule has 0 radical (unpaired) electrons. The van der Waals surface area contributed by atoms with Crippen LogP contribution in [0, 0.1) is 18.8 Å². The van der Waals surface area contributed by atoms with Gasteiger partial charge < -0.3 is 10.1 Å². The molecule has 0 bridgehead atoms. The van der Waals surface area contributed by atoms with Crippen molar-refractivity contribution < 1.29 is 9.53 Å². The maximum absolute atomic E-state index is 12.5. The Labute approximate surface area is 153 Å². The zero-order valence-electron chi connectivity index (χ0n) is 14.9. The summed E-state index contributed by atoms with van der Waals surface area (Å²) in [5.41, 5.74) is 3.12. The summed E-state index contributed by atoms with van der Waals surface area (Å²) in [6, 6.07) is 16.8. The molecule has 0 fully saturated rings. The number of carbonyl (C=O) groups excluding carboxylic acids is 1. The molecule has 3 aromatic rings. The Morgan fingerprint density at radius 1 is 1.15 bits per heavy atom. The molecule has 4 heteroatoms. The van der Waals surface area contributed by atoms with E-state index >= 15 is 0 Å². The number of pyridine rings is 1. The second-order valence-corrected chi connectivity index (χ2v) is 5.87. The topological polar surface area (TPSA) is 51.2 Å². The monoisotopic (exact) mass is 344 g/mol. The average molecular weight is 344 g/mol. The molecule has 130 valence electrons. The van der Waals surface area contributed by atoms with Gasteiger partial charge in [0, 0.05) is 34.8 Å². The van der Waals surface area contributed by atoms with Crippen molar-refractivity contribution in [1.29, 1.82) is 0 Å². The molecule has 1 N–H and O–H groups in total. The van der Waals surface area contributed by atoms with E-state index < -0.39 is 0 Å². The first kappa shape index (κ1) is 17.5. The van der Waals surface area contributed by atoms with Crippen LogP contribution in [0.3, 0.4) is 0 Å². The summed E-state index contributed by atoms with van der Waals surface area (Å²) in [6.07, 6.45) is 0.678. The summed E-state index contributed by atoms with van der Waals surface area (Å²) in [6.45, 7) is 4.28. The minimum Gasteiger partial charge on any atom is -0.493 e. The van der Waals surface area contributed by atoms with Gasteiger partial charge in [0.05, 0.1) is 12.1 Å². The van der Waals surface area contributed by atoms with Gasteiger partial charge in [-0.15, -0.1) is 11.8 Å². The summed E-state index contributed by atoms with van der Waals surface area (Å²) in [5.74, 6) is 6.33. The summed E-state index contributed by atoms with van der Waals surface area (Å²) in [4.78, 5) is 17.0. The van der Waals surface area contributed by atoms with E-state index in [0.717, 1.165) is 16.6 Å². The number of benzene rings is 2. The number of nitrogens with zero attached hydrogens (tertiary/aromatic N) is 1. The number of ether oxygens (including phenoxy) is 1. The predicted molar refractivity (Wildman–Crippen MR) is 104 cm³/mol. The molecule has 0 unspecified atom stereocenters. The van der Waals surface area contributed by atoms with Gasteiger partial charge >= 0.3 is 0 Å². The fraction of sp³-hybridized carbons (Fsp3) is 0.182. The Balaban J connectivity index is 1.71. The van der Waals surface area contributed by atoms with Crippen LogP contribution < -0.4 is 10.1 Å². The molecule has 4 nitrogen and oxygen atoms in total. The summed E-state index contributed by atoms with van der Waals surface area (Å²) < 4.78 is 5.64. The summed E-state index contributed by atoms with van der Waals surface area (Å²) in [5, 5.41) is 3.85. The highest BCUT2D eigenvalue weighted by molar-refractivity contribution is 6.06. The van der Waals surface area contributed by atoms with Crippen molar-refractivity contribution >= 4 is 22.5 Å². The number of anilines is 1. The lowest BCUT2D eigenvalue weighted by Crippen LogP contribution is -2.12. The first-order valence-electron chi connectivity index (χ1n) is 8.47. The molecule has 0 saturated heterocycles. The van der Waals surface area contributed by atoms with Gasteiger partial charge in [-0.2, -0.15) is 0 Å². The van der Waals surface area contributed by atoms with Crippen molar-refractivity contribution in [2.75, 3.05) is 11.9 Å². The second-order valence-electron chi connectivity index (χ2n) is 5.87. The quantitative estimate of drug-likeness (QED) is 0.544. The van der Waals surface area contributed by atoms with Gasteiger partial charge in [0.15, 0.2) is 0 Å². The predicted octanol–water partition coefficient (Wildman–Crippen LogP) is 4.59. The Bertz CT molecular complexity index is 1000. The Hall–Kier alpha value is -3.32. The number of carbonyl (C=O) groups is 1. The summed E-state index contributed by atoms with van der Waals surface area (Å²) >= 11 is 0. The molecular formula is C22H20N2O2. The van der Waals surface area contributed by atoms with Crippen LogP contribution in [0.2, 0.25) is 0 Å². The smallest absolute Gasteiger partial charge is 0.255 e. The number of aryl methyl sites for hydroxylation is 1. The van der Waals surface area contributed by atoms with Gasteiger partial charge in [-0.25, -0.2) is 0 Å². The van der Waals surface area contributed by atoms with Gasteiger partial charge in [-0.1, -0.05) is 12.1 Å². The molecule has 26 heavy (non-hydrogen) atoms. The van der Waals surface area contributed by atoms with E-state index in [9.17, 15) is 4.79 Å². The van der Waals surface area contributed by atoms with Gasteiger partial charge in [0.2, 0.25) is 0 Å². The normalized spacial score (nSPS) is 10.1. The van der Waals surface area contributed by atoms with Gasteiger partial charge in [0.1, 0.15) is 5.75 Å². The fourth-order valence-corrected chi connectivity index (χ4v) is 2.58. The number of aromatic nitrogens is 1. The SMILES string of the molecule is CC#CCCOc1cccc(NC(=O)c2ccc3nc(C)ccc3c2)c1. The van der Waals surface area contributed by atoms with E-state index in [1.807, 2.05) is 55.5 Å². The summed E-state index contributed by atoms with van der Waals surface area (Å²) in [7, 11) is 0. The molecule has 0 saturated carbocycles. The van der Waals surface area contributed by atoms with Crippen LogP contribution in [-0.2, 0) is 0 Å². The zero-order valence-corrected chi connectivity index (χ0v) is 14.9. The molecule has 1 amide bonds. The lowest BCUT2D eigenvalue weighted by atomic mass is 10.1. The third-order valence-electron chi connectivity index (χ3n) is 3.86. The van der Waals surface area contributed by atoms with E-state index in [1.165, 1.54) is 0 Å². The molecule has 0 atom stereocenters. The molecule has 1 aromatic heterocycles. The van der Waals surface area contributed by atoms with E-state index in [-0.39, 0.29) is 5.91 Å². The van der Waals surface area contributed by atoms with Crippen molar-refractivity contribution in [2.24, 2.45) is 0 Å². The van der Waals surface area contributed by atoms with Crippen LogP contribution >= 0.6 is 0 Å². The van der Waals surface area contributed by atoms with E-state index in [1.54, 1.807) is 13.0 Å². The molecule has 0 aliphatic rings. The molecule has 1 heterocycles. The molecule has 0 aliphatic heterocycles. The largest absolute Gasteiger partial charge is 0.493 e. The van der Waals surface area contributed by atoms with Crippen molar-refractivity contribution in [2.45, 2.75) is 20.3 Å². The maximum atomic E-state index is 12.5. The number of amides is 1. The third-order valence-corrected chi connectivity index (χ3v) is 3.86. The van der Waals surface area contributed by atoms with Crippen molar-refractivity contribution in [3.8, 4) is 17.6 Å². The van der Waals surface area contributed by atoms with E-state index in [0.29, 0.717) is 30.0 Å². The Morgan fingerprint density at radius 3 is 2.88 bits per heavy atom. The lowest BCUT2D eigenvalue weighted by molar-refractivity contribution is 0.102. The fourth-order valence-electron chi connectivity index (χ4n) is 2.58. The second kappa shape index (κ2) is 8.17. The number of rotatable bonds is 5. The maximum Gasteiger partial charge on any atom is 0.255 e. The number of hydrogen-bond acceptors (Lipinski definition) is 3. The van der Waals surface area contributed by atoms with E-state index in [2.05, 4.69) is 22.1 Å². The van der Waals surface area contributed by atoms with Gasteiger partial charge in [-0.3, -0.25) is 9.78 Å². The zero-order chi connectivity index (χ0) is 18.4. The minimum atomic E-state index is -0.165. The standard InChI is InChI=1S/C22H20N2O2/c1-3-4-5-13-26-20-8-6-7-19(15-20)24-22(25)18-11-12-21-17(14-18)10-9-16(2)23-21/h6-12,14-15H,5,13H2,1-2H3,(H,24,25). The first-order chi connectivity index (χ1) is 12.7. The van der Waals surface area contributed by atoms with Crippen molar-refractivity contribution in [1.82, 2.24) is 4.98 Å². The van der Waals surface area contributed by atoms with Crippen LogP contribution in [0.15, 0.2) is 54.6 Å². The molecule has 0 aliphatic carbocycles. The number of fused-ring (bicyclic) bond motifs is 1. The molecule has 2 aromatic carbocycles. The highest BCUT2D eigenvalue weighted by Crippen LogP contribution is 2.20. The molecule has 0 spiro atoms. The lowest BCUT2D eigenvalue weighted by Gasteiger charge is -2.09. The van der Waals surface area contributed by atoms with Gasteiger partial charge in [0.25, 0.3) is 5.91 Å². The number of hydrogen-bond donors (Lipinski definition) is 1. The van der Waals surface area contributed by atoms with Crippen LogP contribution in [0.5, 0.6) is 5.75 Å². The van der Waals surface area contributed by atoms with Crippen LogP contribution in [0.1, 0.15) is 29.4 Å². The van der Waals surface area contributed by atoms with Gasteiger partial charge in [-0.05, 0) is 50.2 Å².